The van der Waals surface area contributed by atoms with Gasteiger partial charge in [-0.3, -0.25) is 9.35 Å². The fourth-order valence-corrected chi connectivity index (χ4v) is 2.07. The first kappa shape index (κ1) is 18.5. The molecular weight excluding hydrogens is 328 g/mol. The van der Waals surface area contributed by atoms with Gasteiger partial charge in [0.1, 0.15) is 13.2 Å². The average Bonchev–Trinajstić information content (AvgIpc) is 2.49. The molecule has 0 spiro atoms. The first-order valence-electron chi connectivity index (χ1n) is 6.25. The number of esters is 2. The maximum atomic E-state index is 11.9. The van der Waals surface area contributed by atoms with Gasteiger partial charge in [-0.15, -0.1) is 0 Å². The molecule has 0 aliphatic carbocycles. The first-order valence-corrected chi connectivity index (χ1v) is 7.69. The molecule has 0 amide bonds. The molecule has 0 aromatic heterocycles. The summed E-state index contributed by atoms with van der Waals surface area (Å²) in [6.45, 7) is 3.87. The molecule has 0 unspecified atom stereocenters. The predicted molar refractivity (Wildman–Crippen MR) is 77.7 cm³/mol. The lowest BCUT2D eigenvalue weighted by Gasteiger charge is -2.09. The van der Waals surface area contributed by atoms with Crippen LogP contribution in [0.4, 0.5) is 0 Å². The second-order valence-corrected chi connectivity index (χ2v) is 5.67. The number of ether oxygens (including phenoxy) is 2. The summed E-state index contributed by atoms with van der Waals surface area (Å²) in [5, 5.41) is 0. The quantitative estimate of drug-likeness (QED) is 0.256. The Morgan fingerprint density at radius 1 is 1.17 bits per heavy atom. The number of carbonyl (C=O) groups excluding carboxylic acids is 3. The van der Waals surface area contributed by atoms with Gasteiger partial charge in [-0.05, 0) is 25.1 Å². The van der Waals surface area contributed by atoms with E-state index < -0.39 is 32.7 Å². The summed E-state index contributed by atoms with van der Waals surface area (Å²) in [5.74, 6) is -2.16. The van der Waals surface area contributed by atoms with Crippen LogP contribution in [0.3, 0.4) is 0 Å². The van der Waals surface area contributed by atoms with Gasteiger partial charge in [0.2, 0.25) is 0 Å². The fourth-order valence-electron chi connectivity index (χ4n) is 1.57. The molecule has 124 valence electrons. The number of benzene rings is 1. The lowest BCUT2D eigenvalue weighted by Crippen LogP contribution is -2.16. The van der Waals surface area contributed by atoms with Crippen molar-refractivity contribution >= 4 is 27.8 Å². The average molecular weight is 342 g/mol. The number of Topliss-reactive ketones (excluding diaryl/α,β-unsaturated/α-hetero) is 1. The van der Waals surface area contributed by atoms with Crippen LogP contribution in [0.5, 0.6) is 0 Å². The minimum absolute atomic E-state index is 0.167. The summed E-state index contributed by atoms with van der Waals surface area (Å²) in [5.41, 5.74) is -0.381. The third-order valence-electron chi connectivity index (χ3n) is 2.62. The summed E-state index contributed by atoms with van der Waals surface area (Å²) in [7, 11) is -4.51. The molecule has 9 heteroatoms. The molecule has 0 bridgehead atoms. The molecule has 1 rings (SSSR count). The number of hydrogen-bond donors (Lipinski definition) is 1. The van der Waals surface area contributed by atoms with Gasteiger partial charge in [0.15, 0.2) is 5.78 Å². The van der Waals surface area contributed by atoms with Crippen molar-refractivity contribution in [3.8, 4) is 0 Å². The number of carbonyl (C=O) groups is 3. The largest absolute Gasteiger partial charge is 0.459 e. The highest BCUT2D eigenvalue weighted by molar-refractivity contribution is 7.85. The third kappa shape index (κ3) is 5.31. The number of ketones is 1. The molecule has 0 saturated heterocycles. The van der Waals surface area contributed by atoms with E-state index in [4.69, 9.17) is 9.29 Å². The van der Waals surface area contributed by atoms with Crippen LogP contribution in [0, 0.1) is 0 Å². The molecule has 0 heterocycles. The van der Waals surface area contributed by atoms with E-state index in [2.05, 4.69) is 11.3 Å². The number of rotatable bonds is 7. The van der Waals surface area contributed by atoms with Gasteiger partial charge in [-0.2, -0.15) is 8.42 Å². The number of hydrogen-bond acceptors (Lipinski definition) is 7. The minimum Gasteiger partial charge on any atom is -0.459 e. The molecule has 1 N–H and O–H groups in total. The Hall–Kier alpha value is -2.52. The Kier molecular flexibility index (Phi) is 6.17. The zero-order valence-corrected chi connectivity index (χ0v) is 13.0. The highest BCUT2D eigenvalue weighted by atomic mass is 32.2. The van der Waals surface area contributed by atoms with Crippen LogP contribution < -0.4 is 0 Å². The SMILES string of the molecule is C=CC(=O)OCCOC(=O)c1ccc(S(=O)(=O)O)cc1C(C)=O. The van der Waals surface area contributed by atoms with Crippen molar-refractivity contribution in [3.05, 3.63) is 42.0 Å². The van der Waals surface area contributed by atoms with Gasteiger partial charge in [-0.25, -0.2) is 9.59 Å². The van der Waals surface area contributed by atoms with Crippen LogP contribution in [0.15, 0.2) is 35.7 Å². The molecule has 0 aliphatic rings. The maximum absolute atomic E-state index is 11.9. The predicted octanol–water partition coefficient (Wildman–Crippen LogP) is 1.02. The Morgan fingerprint density at radius 2 is 1.78 bits per heavy atom. The third-order valence-corrected chi connectivity index (χ3v) is 3.47. The highest BCUT2D eigenvalue weighted by Crippen LogP contribution is 2.17. The molecule has 1 aromatic rings. The van der Waals surface area contributed by atoms with E-state index in [1.165, 1.54) is 0 Å². The smallest absolute Gasteiger partial charge is 0.338 e. The minimum atomic E-state index is -4.51. The Morgan fingerprint density at radius 3 is 2.30 bits per heavy atom. The Bertz CT molecular complexity index is 748. The van der Waals surface area contributed by atoms with E-state index in [9.17, 15) is 22.8 Å². The molecule has 0 radical (unpaired) electrons. The van der Waals surface area contributed by atoms with E-state index in [-0.39, 0.29) is 24.3 Å². The van der Waals surface area contributed by atoms with Crippen molar-refractivity contribution in [3.63, 3.8) is 0 Å². The summed E-state index contributed by atoms with van der Waals surface area (Å²) in [6.07, 6.45) is 0.948. The summed E-state index contributed by atoms with van der Waals surface area (Å²) < 4.78 is 40.5. The van der Waals surface area contributed by atoms with E-state index >= 15 is 0 Å². The van der Waals surface area contributed by atoms with Crippen molar-refractivity contribution in [1.29, 1.82) is 0 Å². The molecule has 8 nitrogen and oxygen atoms in total. The summed E-state index contributed by atoms with van der Waals surface area (Å²) in [6, 6.07) is 2.90. The van der Waals surface area contributed by atoms with Gasteiger partial charge < -0.3 is 9.47 Å². The lowest BCUT2D eigenvalue weighted by atomic mass is 10.0. The van der Waals surface area contributed by atoms with Crippen LogP contribution >= 0.6 is 0 Å². The van der Waals surface area contributed by atoms with Gasteiger partial charge in [-0.1, -0.05) is 6.58 Å². The van der Waals surface area contributed by atoms with E-state index in [0.717, 1.165) is 31.2 Å². The van der Waals surface area contributed by atoms with Gasteiger partial charge in [0.05, 0.1) is 10.5 Å². The first-order chi connectivity index (χ1) is 10.7. The zero-order chi connectivity index (χ0) is 17.6. The van der Waals surface area contributed by atoms with Gasteiger partial charge in [0, 0.05) is 11.6 Å². The van der Waals surface area contributed by atoms with Crippen LogP contribution in [-0.2, 0) is 24.4 Å². The van der Waals surface area contributed by atoms with Gasteiger partial charge in [0.25, 0.3) is 10.1 Å². The van der Waals surface area contributed by atoms with Crippen LogP contribution in [0.1, 0.15) is 27.6 Å². The van der Waals surface area contributed by atoms with Crippen LogP contribution in [0.2, 0.25) is 0 Å². The van der Waals surface area contributed by atoms with E-state index in [1.807, 2.05) is 0 Å². The Balaban J connectivity index is 2.90. The zero-order valence-electron chi connectivity index (χ0n) is 12.1. The van der Waals surface area contributed by atoms with Crippen LogP contribution in [-0.4, -0.2) is 43.9 Å². The molecule has 0 saturated carbocycles. The van der Waals surface area contributed by atoms with Crippen molar-refractivity contribution in [2.24, 2.45) is 0 Å². The fraction of sp³-hybridized carbons (Fsp3) is 0.214. The van der Waals surface area contributed by atoms with E-state index in [0.29, 0.717) is 0 Å². The second kappa shape index (κ2) is 7.65. The molecule has 0 fully saturated rings. The summed E-state index contributed by atoms with van der Waals surface area (Å²) >= 11 is 0. The lowest BCUT2D eigenvalue weighted by molar-refractivity contribution is -0.138. The molecule has 1 aromatic carbocycles. The van der Waals surface area contributed by atoms with Crippen molar-refractivity contribution in [2.75, 3.05) is 13.2 Å². The van der Waals surface area contributed by atoms with Crippen molar-refractivity contribution < 1.29 is 36.8 Å². The standard InChI is InChI=1S/C14H14O8S/c1-3-13(16)21-6-7-22-14(17)11-5-4-10(23(18,19)20)8-12(11)9(2)15/h3-5,8H,1,6-7H2,2H3,(H,18,19,20). The van der Waals surface area contributed by atoms with Gasteiger partial charge >= 0.3 is 11.9 Å². The van der Waals surface area contributed by atoms with Crippen molar-refractivity contribution in [1.82, 2.24) is 0 Å². The normalized spacial score (nSPS) is 10.7. The van der Waals surface area contributed by atoms with E-state index in [1.54, 1.807) is 0 Å². The molecule has 23 heavy (non-hydrogen) atoms. The Labute approximate surface area is 132 Å². The summed E-state index contributed by atoms with van der Waals surface area (Å²) in [4.78, 5) is 33.7. The maximum Gasteiger partial charge on any atom is 0.338 e. The topological polar surface area (TPSA) is 124 Å². The second-order valence-electron chi connectivity index (χ2n) is 4.25. The van der Waals surface area contributed by atoms with Crippen molar-refractivity contribution in [2.45, 2.75) is 11.8 Å². The molecule has 0 aliphatic heterocycles. The highest BCUT2D eigenvalue weighted by Gasteiger charge is 2.20. The molecule has 0 atom stereocenters. The van der Waals surface area contributed by atoms with Crippen LogP contribution in [0.25, 0.3) is 0 Å². The molecular formula is C14H14O8S. The monoisotopic (exact) mass is 342 g/mol.